The third-order valence-corrected chi connectivity index (χ3v) is 6.26. The number of carbonyl (C=O) groups excluding carboxylic acids is 2. The number of hydrogen-bond acceptors (Lipinski definition) is 5. The van der Waals surface area contributed by atoms with Crippen molar-refractivity contribution in [2.75, 3.05) is 19.1 Å². The van der Waals surface area contributed by atoms with E-state index in [-0.39, 0.29) is 16.1 Å². The summed E-state index contributed by atoms with van der Waals surface area (Å²) >= 11 is 0.342. The first kappa shape index (κ1) is 21.0. The molecule has 0 radical (unpaired) electrons. The van der Waals surface area contributed by atoms with Crippen molar-refractivity contribution in [2.45, 2.75) is 29.7 Å². The second kappa shape index (κ2) is 7.29. The van der Waals surface area contributed by atoms with Gasteiger partial charge in [-0.05, 0) is 55.3 Å². The van der Waals surface area contributed by atoms with Gasteiger partial charge in [-0.2, -0.15) is 13.2 Å². The van der Waals surface area contributed by atoms with Gasteiger partial charge in [-0.3, -0.25) is 4.79 Å². The number of imide groups is 1. The quantitative estimate of drug-likeness (QED) is 0.695. The van der Waals surface area contributed by atoms with Gasteiger partial charge < -0.3 is 9.47 Å². The van der Waals surface area contributed by atoms with Crippen molar-refractivity contribution in [3.63, 3.8) is 0 Å². The van der Waals surface area contributed by atoms with Crippen molar-refractivity contribution >= 4 is 29.4 Å². The maximum absolute atomic E-state index is 14.5. The summed E-state index contributed by atoms with van der Waals surface area (Å²) in [5.74, 6) is -0.936. The highest BCUT2D eigenvalue weighted by atomic mass is 32.2. The van der Waals surface area contributed by atoms with Crippen LogP contribution in [0.5, 0.6) is 5.75 Å². The molecule has 2 amide bonds. The number of ether oxygens (including phenoxy) is 2. The average Bonchev–Trinajstić information content (AvgIpc) is 2.90. The molecule has 0 saturated heterocycles. The predicted octanol–water partition coefficient (Wildman–Crippen LogP) is 4.97. The summed E-state index contributed by atoms with van der Waals surface area (Å²) in [6, 6.07) is 8.60. The van der Waals surface area contributed by atoms with Crippen molar-refractivity contribution < 1.29 is 32.2 Å². The maximum Gasteiger partial charge on any atom is 0.421 e. The third-order valence-electron chi connectivity index (χ3n) is 4.82. The van der Waals surface area contributed by atoms with Gasteiger partial charge in [0.05, 0.1) is 19.9 Å². The minimum Gasteiger partial charge on any atom is -0.497 e. The second-order valence-corrected chi connectivity index (χ2v) is 7.81. The molecule has 9 heteroatoms. The Labute approximate surface area is 169 Å². The smallest absolute Gasteiger partial charge is 0.421 e. The number of methoxy groups -OCH3 is 2. The van der Waals surface area contributed by atoms with Crippen LogP contribution in [-0.4, -0.2) is 32.4 Å². The molecule has 5 nitrogen and oxygen atoms in total. The number of amides is 2. The molecule has 0 fully saturated rings. The highest BCUT2D eigenvalue weighted by molar-refractivity contribution is 8.01. The van der Waals surface area contributed by atoms with E-state index < -0.39 is 22.9 Å². The van der Waals surface area contributed by atoms with Gasteiger partial charge in [-0.15, -0.1) is 0 Å². The van der Waals surface area contributed by atoms with E-state index in [1.807, 2.05) is 0 Å². The molecule has 1 atom stereocenters. The van der Waals surface area contributed by atoms with Gasteiger partial charge in [-0.1, -0.05) is 17.8 Å². The van der Waals surface area contributed by atoms with E-state index in [1.54, 1.807) is 13.8 Å². The van der Waals surface area contributed by atoms with E-state index in [0.29, 0.717) is 33.5 Å². The van der Waals surface area contributed by atoms with Crippen LogP contribution < -0.4 is 9.64 Å². The Morgan fingerprint density at radius 1 is 1.07 bits per heavy atom. The number of rotatable bonds is 3. The summed E-state index contributed by atoms with van der Waals surface area (Å²) in [7, 11) is 2.45. The maximum atomic E-state index is 14.5. The van der Waals surface area contributed by atoms with Crippen LogP contribution in [0.1, 0.15) is 16.7 Å². The molecule has 154 valence electrons. The summed E-state index contributed by atoms with van der Waals surface area (Å²) in [5, 5.41) is 0. The fourth-order valence-corrected chi connectivity index (χ4v) is 4.37. The van der Waals surface area contributed by atoms with E-state index in [0.717, 1.165) is 7.11 Å². The van der Waals surface area contributed by atoms with Crippen LogP contribution in [0.4, 0.5) is 23.7 Å². The molecule has 0 N–H and O–H groups in total. The molecule has 2 aromatic rings. The SMILES string of the molecule is COC(=O)N1C(=O)[C@@](Sc2ccc(OC)cc2)(C(F)(F)F)c2cc(C)c(C)cc21. The first-order valence-electron chi connectivity index (χ1n) is 8.51. The second-order valence-electron chi connectivity index (χ2n) is 6.52. The van der Waals surface area contributed by atoms with Gasteiger partial charge in [-0.25, -0.2) is 9.69 Å². The minimum absolute atomic E-state index is 0.122. The molecule has 0 aromatic heterocycles. The van der Waals surface area contributed by atoms with Crippen LogP contribution in [0.15, 0.2) is 41.3 Å². The number of nitrogens with zero attached hydrogens (tertiary/aromatic N) is 1. The fraction of sp³-hybridized carbons (Fsp3) is 0.300. The molecular weight excluding hydrogens is 407 g/mol. The first-order valence-corrected chi connectivity index (χ1v) is 9.32. The number of thioether (sulfide) groups is 1. The molecule has 0 saturated carbocycles. The standard InChI is InChI=1S/C20H18F3NO4S/c1-11-9-15-16(10-12(11)2)24(18(26)28-4)17(25)19(15,20(21,22)23)29-14-7-5-13(27-3)6-8-14/h5-10H,1-4H3/t19-/m1/s1. The van der Waals surface area contributed by atoms with Gasteiger partial charge in [0.2, 0.25) is 4.75 Å². The van der Waals surface area contributed by atoms with E-state index in [1.165, 1.54) is 43.5 Å². The Balaban J connectivity index is 2.26. The molecule has 0 spiro atoms. The zero-order valence-electron chi connectivity index (χ0n) is 16.1. The molecular formula is C20H18F3NO4S. The van der Waals surface area contributed by atoms with Crippen molar-refractivity contribution in [1.82, 2.24) is 0 Å². The lowest BCUT2D eigenvalue weighted by Gasteiger charge is -2.30. The van der Waals surface area contributed by atoms with Crippen molar-refractivity contribution in [1.29, 1.82) is 0 Å². The number of aryl methyl sites for hydroxylation is 2. The number of halogens is 3. The van der Waals surface area contributed by atoms with Crippen LogP contribution in [0.25, 0.3) is 0 Å². The number of alkyl halides is 3. The number of benzene rings is 2. The van der Waals surface area contributed by atoms with Gasteiger partial charge in [0, 0.05) is 10.5 Å². The molecule has 3 rings (SSSR count). The van der Waals surface area contributed by atoms with Crippen molar-refractivity contribution in [2.24, 2.45) is 0 Å². The van der Waals surface area contributed by atoms with Gasteiger partial charge >= 0.3 is 12.3 Å². The monoisotopic (exact) mass is 425 g/mol. The van der Waals surface area contributed by atoms with Crippen LogP contribution >= 0.6 is 11.8 Å². The third kappa shape index (κ3) is 3.23. The lowest BCUT2D eigenvalue weighted by atomic mass is 9.95. The Morgan fingerprint density at radius 2 is 1.66 bits per heavy atom. The minimum atomic E-state index is -4.98. The van der Waals surface area contributed by atoms with Crippen LogP contribution in [0, 0.1) is 13.8 Å². The zero-order valence-corrected chi connectivity index (χ0v) is 16.9. The fourth-order valence-electron chi connectivity index (χ4n) is 3.17. The summed E-state index contributed by atoms with van der Waals surface area (Å²) in [4.78, 5) is 26.0. The van der Waals surface area contributed by atoms with Gasteiger partial charge in [0.1, 0.15) is 5.75 Å². The summed E-state index contributed by atoms with van der Waals surface area (Å²) in [5.41, 5.74) is 0.817. The Morgan fingerprint density at radius 3 is 2.17 bits per heavy atom. The molecule has 0 aliphatic carbocycles. The number of carbonyl (C=O) groups is 2. The highest BCUT2D eigenvalue weighted by Gasteiger charge is 2.69. The molecule has 2 aromatic carbocycles. The van der Waals surface area contributed by atoms with Crippen LogP contribution in [0.3, 0.4) is 0 Å². The van der Waals surface area contributed by atoms with Crippen LogP contribution in [-0.2, 0) is 14.3 Å². The molecule has 1 aliphatic heterocycles. The topological polar surface area (TPSA) is 55.8 Å². The Bertz CT molecular complexity index is 975. The summed E-state index contributed by atoms with van der Waals surface area (Å²) < 4.78 is 50.2. The lowest BCUT2D eigenvalue weighted by molar-refractivity contribution is -0.169. The average molecular weight is 425 g/mol. The normalized spacial score (nSPS) is 18.6. The van der Waals surface area contributed by atoms with Gasteiger partial charge in [0.15, 0.2) is 0 Å². The molecule has 1 aliphatic rings. The van der Waals surface area contributed by atoms with Gasteiger partial charge in [0.25, 0.3) is 5.91 Å². The highest BCUT2D eigenvalue weighted by Crippen LogP contribution is 2.60. The molecule has 1 heterocycles. The van der Waals surface area contributed by atoms with E-state index in [2.05, 4.69) is 4.74 Å². The predicted molar refractivity (Wildman–Crippen MR) is 102 cm³/mol. The van der Waals surface area contributed by atoms with E-state index in [4.69, 9.17) is 4.74 Å². The largest absolute Gasteiger partial charge is 0.497 e. The molecule has 0 bridgehead atoms. The Hall–Kier alpha value is -2.68. The number of hydrogen-bond donors (Lipinski definition) is 0. The molecule has 0 unspecified atom stereocenters. The Kier molecular flexibility index (Phi) is 5.29. The van der Waals surface area contributed by atoms with E-state index in [9.17, 15) is 22.8 Å². The number of fused-ring (bicyclic) bond motifs is 1. The zero-order chi connectivity index (χ0) is 21.6. The molecule has 29 heavy (non-hydrogen) atoms. The van der Waals surface area contributed by atoms with E-state index >= 15 is 0 Å². The first-order chi connectivity index (χ1) is 13.6. The summed E-state index contributed by atoms with van der Waals surface area (Å²) in [6.45, 7) is 3.35. The lowest BCUT2D eigenvalue weighted by Crippen LogP contribution is -2.49. The van der Waals surface area contributed by atoms with Crippen LogP contribution in [0.2, 0.25) is 0 Å². The summed E-state index contributed by atoms with van der Waals surface area (Å²) in [6.07, 6.45) is -6.14. The van der Waals surface area contributed by atoms with Crippen molar-refractivity contribution in [3.05, 3.63) is 53.1 Å². The number of anilines is 1. The van der Waals surface area contributed by atoms with Crippen molar-refractivity contribution in [3.8, 4) is 5.75 Å².